The molecule has 0 fully saturated rings. The van der Waals surface area contributed by atoms with E-state index in [9.17, 15) is 15.0 Å². The van der Waals surface area contributed by atoms with Crippen LogP contribution in [0, 0.1) is 13.8 Å². The van der Waals surface area contributed by atoms with Crippen LogP contribution in [0.15, 0.2) is 60.7 Å². The van der Waals surface area contributed by atoms with Crippen LogP contribution < -0.4 is 9.47 Å². The van der Waals surface area contributed by atoms with Gasteiger partial charge in [-0.25, -0.2) is 4.79 Å². The van der Waals surface area contributed by atoms with Gasteiger partial charge in [-0.05, 0) is 61.4 Å². The van der Waals surface area contributed by atoms with Gasteiger partial charge in [0.15, 0.2) is 5.75 Å². The van der Waals surface area contributed by atoms with Crippen molar-refractivity contribution in [2.24, 2.45) is 0 Å². The van der Waals surface area contributed by atoms with Gasteiger partial charge in [-0.1, -0.05) is 41.4 Å². The summed E-state index contributed by atoms with van der Waals surface area (Å²) in [6, 6.07) is 18.1. The molecular weight excluding hydrogens is 498 g/mol. The molecule has 192 valence electrons. The molecule has 4 rings (SSSR count). The number of hydrogen-bond acceptors (Lipinski definition) is 8. The minimum Gasteiger partial charge on any atom is -0.457 e. The fraction of sp³-hybridized carbons (Fsp3) is 0.214. The Morgan fingerprint density at radius 2 is 1.65 bits per heavy atom. The summed E-state index contributed by atoms with van der Waals surface area (Å²) in [5.41, 5.74) is 3.86. The van der Waals surface area contributed by atoms with E-state index in [-0.39, 0.29) is 17.4 Å². The highest BCUT2D eigenvalue weighted by atomic mass is 35.5. The quantitative estimate of drug-likeness (QED) is 0.265. The number of ether oxygens (including phenoxy) is 3. The van der Waals surface area contributed by atoms with Crippen LogP contribution in [-0.2, 0) is 11.3 Å². The number of aromatic nitrogens is 1. The minimum absolute atomic E-state index is 0.157. The summed E-state index contributed by atoms with van der Waals surface area (Å²) in [4.78, 5) is 17.2. The number of pyridine rings is 1. The first-order valence-corrected chi connectivity index (χ1v) is 11.9. The van der Waals surface area contributed by atoms with Gasteiger partial charge >= 0.3 is 6.16 Å². The van der Waals surface area contributed by atoms with E-state index >= 15 is 0 Å². The van der Waals surface area contributed by atoms with E-state index in [1.807, 2.05) is 43.3 Å². The summed E-state index contributed by atoms with van der Waals surface area (Å²) in [5.74, 6) is 1.48. The third-order valence-electron chi connectivity index (χ3n) is 5.65. The van der Waals surface area contributed by atoms with Crippen LogP contribution in [-0.4, -0.2) is 45.8 Å². The lowest BCUT2D eigenvalue weighted by Gasteiger charge is -2.17. The predicted molar refractivity (Wildman–Crippen MR) is 139 cm³/mol. The largest absolute Gasteiger partial charge is 0.513 e. The first-order chi connectivity index (χ1) is 17.8. The smallest absolute Gasteiger partial charge is 0.457 e. The van der Waals surface area contributed by atoms with E-state index in [4.69, 9.17) is 30.9 Å². The SMILES string of the molecule is Cc1ccc(Oc2ccc(-c3c(C)nc4cc(CO)c(Cl)cc4c3OC(=O)OCC(O)CO)cc2)cc1. The van der Waals surface area contributed by atoms with Crippen molar-refractivity contribution < 1.29 is 34.3 Å². The molecule has 37 heavy (non-hydrogen) atoms. The molecule has 0 aliphatic carbocycles. The zero-order chi connectivity index (χ0) is 26.5. The summed E-state index contributed by atoms with van der Waals surface area (Å²) in [6.45, 7) is 2.49. The number of rotatable bonds is 8. The lowest BCUT2D eigenvalue weighted by atomic mass is 9.99. The lowest BCUT2D eigenvalue weighted by Crippen LogP contribution is -2.23. The molecule has 3 aromatic carbocycles. The highest BCUT2D eigenvalue weighted by molar-refractivity contribution is 6.32. The molecule has 0 spiro atoms. The Bertz CT molecular complexity index is 1410. The van der Waals surface area contributed by atoms with Gasteiger partial charge in [0.1, 0.15) is 24.2 Å². The molecule has 1 atom stereocenters. The fourth-order valence-electron chi connectivity index (χ4n) is 3.74. The third kappa shape index (κ3) is 6.18. The zero-order valence-corrected chi connectivity index (χ0v) is 21.0. The Hall–Kier alpha value is -3.69. The van der Waals surface area contributed by atoms with Crippen LogP contribution in [0.5, 0.6) is 17.2 Å². The van der Waals surface area contributed by atoms with Crippen molar-refractivity contribution in [3.05, 3.63) is 82.5 Å². The fourth-order valence-corrected chi connectivity index (χ4v) is 3.97. The van der Waals surface area contributed by atoms with E-state index in [0.29, 0.717) is 44.8 Å². The predicted octanol–water partition coefficient (Wildman–Crippen LogP) is 5.33. The van der Waals surface area contributed by atoms with Crippen LogP contribution in [0.25, 0.3) is 22.0 Å². The topological polar surface area (TPSA) is 118 Å². The van der Waals surface area contributed by atoms with Crippen LogP contribution in [0.1, 0.15) is 16.8 Å². The standard InChI is InChI=1S/C28H26ClNO7/c1-16-3-7-21(8-4-16)36-22-9-5-18(6-10-22)26-17(2)30-25-11-19(13-31)24(29)12-23(25)27(26)37-28(34)35-15-20(33)14-32/h3-12,20,31-33H,13-15H2,1-2H3. The maximum absolute atomic E-state index is 12.5. The Labute approximate surface area is 218 Å². The monoisotopic (exact) mass is 523 g/mol. The Kier molecular flexibility index (Phi) is 8.25. The molecule has 9 heteroatoms. The van der Waals surface area contributed by atoms with Crippen molar-refractivity contribution in [2.45, 2.75) is 26.6 Å². The molecule has 0 radical (unpaired) electrons. The van der Waals surface area contributed by atoms with Gasteiger partial charge in [-0.2, -0.15) is 0 Å². The van der Waals surface area contributed by atoms with E-state index < -0.39 is 25.5 Å². The van der Waals surface area contributed by atoms with Crippen molar-refractivity contribution in [1.29, 1.82) is 0 Å². The molecule has 0 bridgehead atoms. The van der Waals surface area contributed by atoms with Crippen molar-refractivity contribution in [1.82, 2.24) is 4.98 Å². The van der Waals surface area contributed by atoms with Gasteiger partial charge in [0.05, 0.1) is 18.7 Å². The molecule has 0 saturated heterocycles. The second-order valence-electron chi connectivity index (χ2n) is 8.46. The maximum atomic E-state index is 12.5. The highest BCUT2D eigenvalue weighted by Crippen LogP contribution is 2.41. The van der Waals surface area contributed by atoms with Gasteiger partial charge in [-0.15, -0.1) is 0 Å². The molecule has 0 aliphatic heterocycles. The molecule has 0 aliphatic rings. The molecular formula is C28H26ClNO7. The number of halogens is 1. The van der Waals surface area contributed by atoms with Crippen LogP contribution >= 0.6 is 11.6 Å². The van der Waals surface area contributed by atoms with Gasteiger partial charge in [-0.3, -0.25) is 4.98 Å². The summed E-state index contributed by atoms with van der Waals surface area (Å²) in [6.07, 6.45) is -2.30. The van der Waals surface area contributed by atoms with Gasteiger partial charge in [0.2, 0.25) is 0 Å². The number of hydrogen-bond donors (Lipinski definition) is 3. The number of aliphatic hydroxyl groups is 3. The Morgan fingerprint density at radius 3 is 2.27 bits per heavy atom. The van der Waals surface area contributed by atoms with Crippen molar-refractivity contribution in [3.8, 4) is 28.4 Å². The van der Waals surface area contributed by atoms with Crippen molar-refractivity contribution in [2.75, 3.05) is 13.2 Å². The Morgan fingerprint density at radius 1 is 1.00 bits per heavy atom. The van der Waals surface area contributed by atoms with Crippen molar-refractivity contribution in [3.63, 3.8) is 0 Å². The molecule has 3 N–H and O–H groups in total. The van der Waals surface area contributed by atoms with E-state index in [1.165, 1.54) is 0 Å². The average molecular weight is 524 g/mol. The lowest BCUT2D eigenvalue weighted by molar-refractivity contribution is 0.0178. The third-order valence-corrected chi connectivity index (χ3v) is 6.00. The van der Waals surface area contributed by atoms with E-state index in [1.54, 1.807) is 31.2 Å². The molecule has 1 aromatic heterocycles. The number of carbonyl (C=O) groups is 1. The number of carbonyl (C=O) groups excluding carboxylic acids is 1. The normalized spacial score (nSPS) is 11.8. The van der Waals surface area contributed by atoms with Crippen LogP contribution in [0.3, 0.4) is 0 Å². The van der Waals surface area contributed by atoms with Gasteiger partial charge in [0.25, 0.3) is 0 Å². The zero-order valence-electron chi connectivity index (χ0n) is 20.3. The van der Waals surface area contributed by atoms with Gasteiger partial charge < -0.3 is 29.5 Å². The summed E-state index contributed by atoms with van der Waals surface area (Å²) < 4.78 is 16.5. The molecule has 0 saturated carbocycles. The summed E-state index contributed by atoms with van der Waals surface area (Å²) >= 11 is 6.34. The number of aliphatic hydroxyl groups excluding tert-OH is 3. The first-order valence-electron chi connectivity index (χ1n) is 11.5. The minimum atomic E-state index is -1.23. The van der Waals surface area contributed by atoms with E-state index in [2.05, 4.69) is 4.98 Å². The molecule has 0 amide bonds. The van der Waals surface area contributed by atoms with Crippen LogP contribution in [0.4, 0.5) is 4.79 Å². The summed E-state index contributed by atoms with van der Waals surface area (Å²) in [7, 11) is 0. The molecule has 1 unspecified atom stereocenters. The Balaban J connectivity index is 1.74. The second kappa shape index (κ2) is 11.6. The molecule has 1 heterocycles. The molecule has 4 aromatic rings. The summed E-state index contributed by atoms with van der Waals surface area (Å²) in [5, 5.41) is 28.8. The average Bonchev–Trinajstić information content (AvgIpc) is 2.89. The number of benzene rings is 3. The first kappa shape index (κ1) is 26.4. The number of fused-ring (bicyclic) bond motifs is 1. The second-order valence-corrected chi connectivity index (χ2v) is 8.87. The number of aryl methyl sites for hydroxylation is 2. The van der Waals surface area contributed by atoms with E-state index in [0.717, 1.165) is 5.56 Å². The van der Waals surface area contributed by atoms with Gasteiger partial charge in [0, 0.05) is 21.7 Å². The highest BCUT2D eigenvalue weighted by Gasteiger charge is 2.21. The van der Waals surface area contributed by atoms with Crippen molar-refractivity contribution >= 4 is 28.7 Å². The molecule has 8 nitrogen and oxygen atoms in total. The van der Waals surface area contributed by atoms with Crippen LogP contribution in [0.2, 0.25) is 5.02 Å². The maximum Gasteiger partial charge on any atom is 0.513 e. The number of nitrogens with zero attached hydrogens (tertiary/aromatic N) is 1.